The third kappa shape index (κ3) is 2.29. The molecular formula is C9H6F2O3. The Hall–Kier alpha value is -1.91. The molecule has 0 spiro atoms. The second kappa shape index (κ2) is 3.87. The molecule has 0 unspecified atom stereocenters. The van der Waals surface area contributed by atoms with E-state index >= 15 is 0 Å². The summed E-state index contributed by atoms with van der Waals surface area (Å²) in [5.74, 6) is -3.97. The van der Waals surface area contributed by atoms with Crippen LogP contribution in [0, 0.1) is 11.6 Å². The summed E-state index contributed by atoms with van der Waals surface area (Å²) < 4.78 is 25.6. The lowest BCUT2D eigenvalue weighted by atomic mass is 10.2. The quantitative estimate of drug-likeness (QED) is 0.715. The van der Waals surface area contributed by atoms with E-state index in [1.807, 2.05) is 0 Å². The summed E-state index contributed by atoms with van der Waals surface area (Å²) in [5.41, 5.74) is -0.234. The number of carboxylic acids is 1. The van der Waals surface area contributed by atoms with E-state index in [1.54, 1.807) is 0 Å². The first-order chi connectivity index (χ1) is 6.50. The number of carboxylic acid groups (broad SMARTS) is 1. The highest BCUT2D eigenvalue weighted by Crippen LogP contribution is 2.20. The lowest BCUT2D eigenvalue weighted by Gasteiger charge is -1.98. The van der Waals surface area contributed by atoms with Crippen molar-refractivity contribution in [3.05, 3.63) is 35.4 Å². The summed E-state index contributed by atoms with van der Waals surface area (Å²) in [5, 5.41) is 17.0. The summed E-state index contributed by atoms with van der Waals surface area (Å²) in [6.07, 6.45) is 1.58. The molecular weight excluding hydrogens is 194 g/mol. The average molecular weight is 200 g/mol. The van der Waals surface area contributed by atoms with E-state index in [9.17, 15) is 13.6 Å². The Balaban J connectivity index is 3.10. The van der Waals surface area contributed by atoms with Crippen molar-refractivity contribution in [2.24, 2.45) is 0 Å². The van der Waals surface area contributed by atoms with E-state index in [0.29, 0.717) is 18.2 Å². The van der Waals surface area contributed by atoms with Crippen molar-refractivity contribution < 1.29 is 23.8 Å². The van der Waals surface area contributed by atoms with Crippen LogP contribution < -0.4 is 0 Å². The molecule has 14 heavy (non-hydrogen) atoms. The Kier molecular flexibility index (Phi) is 2.81. The highest BCUT2D eigenvalue weighted by atomic mass is 19.1. The van der Waals surface area contributed by atoms with Gasteiger partial charge in [-0.2, -0.15) is 0 Å². The molecule has 0 amide bonds. The van der Waals surface area contributed by atoms with Gasteiger partial charge in [-0.15, -0.1) is 0 Å². The van der Waals surface area contributed by atoms with Crippen LogP contribution in [0.15, 0.2) is 18.2 Å². The highest BCUT2D eigenvalue weighted by molar-refractivity contribution is 5.85. The van der Waals surface area contributed by atoms with Gasteiger partial charge in [-0.05, 0) is 12.1 Å². The number of aromatic hydroxyl groups is 1. The van der Waals surface area contributed by atoms with Gasteiger partial charge in [0.15, 0.2) is 11.6 Å². The minimum absolute atomic E-state index is 0.234. The molecule has 0 heterocycles. The first-order valence-electron chi connectivity index (χ1n) is 3.59. The third-order valence-corrected chi connectivity index (χ3v) is 1.47. The standard InChI is InChI=1S/C9H6F2O3/c10-6-4-8(12)7(11)3-5(6)1-2-9(13)14/h1-4,12H,(H,13,14). The molecule has 0 saturated carbocycles. The molecule has 0 aliphatic carbocycles. The van der Waals surface area contributed by atoms with Crippen LogP contribution in [0.5, 0.6) is 5.75 Å². The molecule has 74 valence electrons. The Morgan fingerprint density at radius 3 is 2.50 bits per heavy atom. The molecule has 3 nitrogen and oxygen atoms in total. The van der Waals surface area contributed by atoms with E-state index in [-0.39, 0.29) is 5.56 Å². The fourth-order valence-corrected chi connectivity index (χ4v) is 0.841. The monoisotopic (exact) mass is 200 g/mol. The van der Waals surface area contributed by atoms with E-state index in [0.717, 1.165) is 6.08 Å². The summed E-state index contributed by atoms with van der Waals surface area (Å²) in [4.78, 5) is 10.1. The van der Waals surface area contributed by atoms with Gasteiger partial charge in [-0.1, -0.05) is 0 Å². The molecule has 0 bridgehead atoms. The highest BCUT2D eigenvalue weighted by Gasteiger charge is 2.06. The molecule has 0 atom stereocenters. The zero-order valence-electron chi connectivity index (χ0n) is 6.87. The fourth-order valence-electron chi connectivity index (χ4n) is 0.841. The summed E-state index contributed by atoms with van der Waals surface area (Å²) in [6.45, 7) is 0. The van der Waals surface area contributed by atoms with Crippen LogP contribution >= 0.6 is 0 Å². The maximum absolute atomic E-state index is 12.9. The van der Waals surface area contributed by atoms with Gasteiger partial charge in [0, 0.05) is 17.7 Å². The van der Waals surface area contributed by atoms with Crippen molar-refractivity contribution in [1.82, 2.24) is 0 Å². The summed E-state index contributed by atoms with van der Waals surface area (Å²) in [6, 6.07) is 1.29. The Labute approximate surface area is 77.9 Å². The van der Waals surface area contributed by atoms with Gasteiger partial charge < -0.3 is 10.2 Å². The van der Waals surface area contributed by atoms with Crippen LogP contribution in [0.3, 0.4) is 0 Å². The van der Waals surface area contributed by atoms with E-state index in [2.05, 4.69) is 0 Å². The first-order valence-corrected chi connectivity index (χ1v) is 3.59. The SMILES string of the molecule is O=C(O)C=Cc1cc(F)c(O)cc1F. The number of phenolic OH excluding ortho intramolecular Hbond substituents is 1. The minimum atomic E-state index is -1.27. The van der Waals surface area contributed by atoms with E-state index in [1.165, 1.54) is 0 Å². The molecule has 5 heteroatoms. The second-order valence-corrected chi connectivity index (χ2v) is 2.50. The molecule has 0 aromatic heterocycles. The van der Waals surface area contributed by atoms with Gasteiger partial charge >= 0.3 is 5.97 Å². The van der Waals surface area contributed by atoms with Gasteiger partial charge in [-0.25, -0.2) is 13.6 Å². The lowest BCUT2D eigenvalue weighted by Crippen LogP contribution is -1.89. The van der Waals surface area contributed by atoms with Crippen molar-refractivity contribution in [2.75, 3.05) is 0 Å². The van der Waals surface area contributed by atoms with Crippen molar-refractivity contribution in [3.63, 3.8) is 0 Å². The second-order valence-electron chi connectivity index (χ2n) is 2.50. The minimum Gasteiger partial charge on any atom is -0.505 e. The number of phenols is 1. The third-order valence-electron chi connectivity index (χ3n) is 1.47. The Morgan fingerprint density at radius 1 is 1.29 bits per heavy atom. The predicted molar refractivity (Wildman–Crippen MR) is 44.7 cm³/mol. The lowest BCUT2D eigenvalue weighted by molar-refractivity contribution is -0.131. The molecule has 2 N–H and O–H groups in total. The average Bonchev–Trinajstić information content (AvgIpc) is 2.09. The van der Waals surface area contributed by atoms with Gasteiger partial charge in [-0.3, -0.25) is 0 Å². The largest absolute Gasteiger partial charge is 0.505 e. The van der Waals surface area contributed by atoms with Crippen LogP contribution in [0.25, 0.3) is 6.08 Å². The van der Waals surface area contributed by atoms with Crippen molar-refractivity contribution in [1.29, 1.82) is 0 Å². The number of carbonyl (C=O) groups is 1. The molecule has 0 aliphatic rings. The molecule has 1 aromatic carbocycles. The van der Waals surface area contributed by atoms with E-state index < -0.39 is 23.4 Å². The topological polar surface area (TPSA) is 57.5 Å². The molecule has 1 aromatic rings. The smallest absolute Gasteiger partial charge is 0.328 e. The summed E-state index contributed by atoms with van der Waals surface area (Å²) in [7, 11) is 0. The van der Waals surface area contributed by atoms with Crippen LogP contribution in [0.1, 0.15) is 5.56 Å². The number of halogens is 2. The molecule has 0 saturated heterocycles. The van der Waals surface area contributed by atoms with Crippen LogP contribution in [0.2, 0.25) is 0 Å². The van der Waals surface area contributed by atoms with Crippen molar-refractivity contribution in [2.45, 2.75) is 0 Å². The Bertz CT molecular complexity index is 399. The molecule has 0 aliphatic heterocycles. The van der Waals surface area contributed by atoms with Crippen molar-refractivity contribution >= 4 is 12.0 Å². The van der Waals surface area contributed by atoms with Gasteiger partial charge in [0.05, 0.1) is 0 Å². The molecule has 0 radical (unpaired) electrons. The number of hydrogen-bond acceptors (Lipinski definition) is 2. The maximum atomic E-state index is 12.9. The van der Waals surface area contributed by atoms with E-state index in [4.69, 9.17) is 10.2 Å². The molecule has 0 fully saturated rings. The van der Waals surface area contributed by atoms with Gasteiger partial charge in [0.1, 0.15) is 5.82 Å². The van der Waals surface area contributed by atoms with Crippen LogP contribution in [-0.2, 0) is 4.79 Å². The molecule has 1 rings (SSSR count). The number of rotatable bonds is 2. The zero-order chi connectivity index (χ0) is 10.7. The predicted octanol–water partition coefficient (Wildman–Crippen LogP) is 1.77. The first kappa shape index (κ1) is 10.2. The van der Waals surface area contributed by atoms with Crippen LogP contribution in [-0.4, -0.2) is 16.2 Å². The van der Waals surface area contributed by atoms with Gasteiger partial charge in [0.2, 0.25) is 0 Å². The summed E-state index contributed by atoms with van der Waals surface area (Å²) >= 11 is 0. The zero-order valence-corrected chi connectivity index (χ0v) is 6.87. The number of aliphatic carboxylic acids is 1. The van der Waals surface area contributed by atoms with Gasteiger partial charge in [0.25, 0.3) is 0 Å². The normalized spacial score (nSPS) is 10.7. The number of hydrogen-bond donors (Lipinski definition) is 2. The fraction of sp³-hybridized carbons (Fsp3) is 0. The van der Waals surface area contributed by atoms with Crippen LogP contribution in [0.4, 0.5) is 8.78 Å². The maximum Gasteiger partial charge on any atom is 0.328 e. The van der Waals surface area contributed by atoms with Crippen molar-refractivity contribution in [3.8, 4) is 5.75 Å². The Morgan fingerprint density at radius 2 is 1.93 bits per heavy atom. The number of benzene rings is 1.